The Balaban J connectivity index is 2.84. The van der Waals surface area contributed by atoms with Crippen molar-refractivity contribution >= 4 is 17.5 Å². The molecule has 2 amide bonds. The lowest BCUT2D eigenvalue weighted by atomic mass is 10.1. The molecule has 0 unspecified atom stereocenters. The number of carbonyl (C=O) groups excluding carboxylic acids is 2. The molecule has 0 aliphatic carbocycles. The molecule has 4 N–H and O–H groups in total. The van der Waals surface area contributed by atoms with E-state index in [0.717, 1.165) is 12.1 Å². The van der Waals surface area contributed by atoms with Crippen LogP contribution in [0.4, 0.5) is 18.9 Å². The average molecular weight is 289 g/mol. The van der Waals surface area contributed by atoms with E-state index in [0.29, 0.717) is 0 Å². The Labute approximate surface area is 113 Å². The van der Waals surface area contributed by atoms with E-state index in [1.807, 2.05) is 5.32 Å². The van der Waals surface area contributed by atoms with Gasteiger partial charge in [-0.3, -0.25) is 9.59 Å². The van der Waals surface area contributed by atoms with Crippen LogP contribution in [-0.4, -0.2) is 30.8 Å². The monoisotopic (exact) mass is 289 g/mol. The highest BCUT2D eigenvalue weighted by molar-refractivity contribution is 5.97. The zero-order valence-electron chi connectivity index (χ0n) is 10.7. The van der Waals surface area contributed by atoms with Crippen LogP contribution in [0.25, 0.3) is 0 Å². The van der Waals surface area contributed by atoms with Crippen LogP contribution in [0.1, 0.15) is 17.3 Å². The van der Waals surface area contributed by atoms with Crippen LogP contribution in [0.3, 0.4) is 0 Å². The quantitative estimate of drug-likeness (QED) is 0.759. The summed E-state index contributed by atoms with van der Waals surface area (Å²) < 4.78 is 39.3. The molecule has 0 saturated heterocycles. The third-order valence-corrected chi connectivity index (χ3v) is 2.34. The lowest BCUT2D eigenvalue weighted by molar-refractivity contribution is -0.114. The van der Waals surface area contributed by atoms with Gasteiger partial charge in [0.25, 0.3) is 11.8 Å². The van der Waals surface area contributed by atoms with Gasteiger partial charge in [-0.1, -0.05) is 0 Å². The molecule has 0 aliphatic heterocycles. The van der Waals surface area contributed by atoms with Crippen LogP contribution < -0.4 is 16.4 Å². The molecular formula is C12H14F3N3O2. The first-order valence-electron chi connectivity index (χ1n) is 5.68. The Bertz CT molecular complexity index is 521. The Morgan fingerprint density at radius 1 is 1.35 bits per heavy atom. The maximum Gasteiger partial charge on any atom is 0.277 e. The van der Waals surface area contributed by atoms with Crippen LogP contribution in [0, 0.1) is 5.82 Å². The number of carbonyl (C=O) groups is 2. The van der Waals surface area contributed by atoms with Gasteiger partial charge < -0.3 is 16.4 Å². The van der Waals surface area contributed by atoms with Crippen molar-refractivity contribution in [1.82, 2.24) is 5.32 Å². The maximum atomic E-state index is 13.5. The minimum Gasteiger partial charge on any atom is -0.346 e. The van der Waals surface area contributed by atoms with Crippen LogP contribution in [-0.2, 0) is 4.79 Å². The number of halogens is 3. The van der Waals surface area contributed by atoms with Gasteiger partial charge in [-0.05, 0) is 18.2 Å². The fraction of sp³-hybridized carbons (Fsp3) is 0.333. The number of hydrogen-bond acceptors (Lipinski definition) is 3. The fourth-order valence-electron chi connectivity index (χ4n) is 1.36. The highest BCUT2D eigenvalue weighted by Gasteiger charge is 2.27. The molecule has 0 aliphatic rings. The SMILES string of the molecule is CC(=O)Nc1ccc(F)c(C(=O)NCC(F)(F)CN)c1. The summed E-state index contributed by atoms with van der Waals surface area (Å²) in [4.78, 5) is 22.5. The molecule has 1 aromatic carbocycles. The number of alkyl halides is 2. The third kappa shape index (κ3) is 4.54. The van der Waals surface area contributed by atoms with Crippen molar-refractivity contribution in [1.29, 1.82) is 0 Å². The summed E-state index contributed by atoms with van der Waals surface area (Å²) in [5.74, 6) is -5.56. The van der Waals surface area contributed by atoms with Gasteiger partial charge in [0.1, 0.15) is 5.82 Å². The maximum absolute atomic E-state index is 13.5. The van der Waals surface area contributed by atoms with Gasteiger partial charge in [0.05, 0.1) is 18.7 Å². The van der Waals surface area contributed by atoms with E-state index < -0.39 is 42.2 Å². The summed E-state index contributed by atoms with van der Waals surface area (Å²) in [6.07, 6.45) is 0. The summed E-state index contributed by atoms with van der Waals surface area (Å²) in [5, 5.41) is 4.25. The van der Waals surface area contributed by atoms with Gasteiger partial charge in [0.15, 0.2) is 0 Å². The molecule has 110 valence electrons. The van der Waals surface area contributed by atoms with Gasteiger partial charge >= 0.3 is 0 Å². The lowest BCUT2D eigenvalue weighted by Gasteiger charge is -2.15. The second kappa shape index (κ2) is 6.38. The molecule has 0 aromatic heterocycles. The topological polar surface area (TPSA) is 84.2 Å². The van der Waals surface area contributed by atoms with Crippen molar-refractivity contribution in [3.05, 3.63) is 29.6 Å². The van der Waals surface area contributed by atoms with Crippen LogP contribution in [0.15, 0.2) is 18.2 Å². The van der Waals surface area contributed by atoms with Crippen molar-refractivity contribution in [2.24, 2.45) is 5.73 Å². The summed E-state index contributed by atoms with van der Waals surface area (Å²) in [6, 6.07) is 3.27. The predicted molar refractivity (Wildman–Crippen MR) is 67.0 cm³/mol. The second-order valence-corrected chi connectivity index (χ2v) is 4.12. The molecule has 0 heterocycles. The van der Waals surface area contributed by atoms with Crippen LogP contribution >= 0.6 is 0 Å². The van der Waals surface area contributed by atoms with Crippen molar-refractivity contribution in [3.8, 4) is 0 Å². The summed E-state index contributed by atoms with van der Waals surface area (Å²) in [7, 11) is 0. The van der Waals surface area contributed by atoms with Gasteiger partial charge in [-0.25, -0.2) is 13.2 Å². The largest absolute Gasteiger partial charge is 0.346 e. The van der Waals surface area contributed by atoms with Gasteiger partial charge in [-0.2, -0.15) is 0 Å². The van der Waals surface area contributed by atoms with E-state index in [4.69, 9.17) is 5.73 Å². The van der Waals surface area contributed by atoms with Crippen molar-refractivity contribution in [3.63, 3.8) is 0 Å². The molecule has 20 heavy (non-hydrogen) atoms. The van der Waals surface area contributed by atoms with E-state index >= 15 is 0 Å². The molecular weight excluding hydrogens is 275 g/mol. The minimum atomic E-state index is -3.26. The average Bonchev–Trinajstić information content (AvgIpc) is 2.38. The number of hydrogen-bond donors (Lipinski definition) is 3. The molecule has 1 aromatic rings. The zero-order valence-corrected chi connectivity index (χ0v) is 10.7. The predicted octanol–water partition coefficient (Wildman–Crippen LogP) is 1.11. The van der Waals surface area contributed by atoms with Gasteiger partial charge in [0, 0.05) is 12.6 Å². The number of nitrogens with two attached hydrogens (primary N) is 1. The highest BCUT2D eigenvalue weighted by atomic mass is 19.3. The number of nitrogens with one attached hydrogen (secondary N) is 2. The number of amides is 2. The van der Waals surface area contributed by atoms with E-state index in [-0.39, 0.29) is 5.69 Å². The first-order chi connectivity index (χ1) is 9.25. The zero-order chi connectivity index (χ0) is 15.3. The van der Waals surface area contributed by atoms with Crippen LogP contribution in [0.5, 0.6) is 0 Å². The highest BCUT2D eigenvalue weighted by Crippen LogP contribution is 2.15. The fourth-order valence-corrected chi connectivity index (χ4v) is 1.36. The Morgan fingerprint density at radius 2 is 2.00 bits per heavy atom. The van der Waals surface area contributed by atoms with E-state index in [2.05, 4.69) is 5.32 Å². The van der Waals surface area contributed by atoms with Crippen molar-refractivity contribution < 1.29 is 22.8 Å². The van der Waals surface area contributed by atoms with E-state index in [1.165, 1.54) is 13.0 Å². The molecule has 5 nitrogen and oxygen atoms in total. The van der Waals surface area contributed by atoms with Crippen LogP contribution in [0.2, 0.25) is 0 Å². The van der Waals surface area contributed by atoms with Gasteiger partial charge in [-0.15, -0.1) is 0 Å². The third-order valence-electron chi connectivity index (χ3n) is 2.34. The summed E-state index contributed by atoms with van der Waals surface area (Å²) >= 11 is 0. The Hall–Kier alpha value is -2.09. The lowest BCUT2D eigenvalue weighted by Crippen LogP contribution is -2.41. The Kier molecular flexibility index (Phi) is 5.09. The molecule has 1 rings (SSSR count). The smallest absolute Gasteiger partial charge is 0.277 e. The number of rotatable bonds is 5. The number of benzene rings is 1. The first-order valence-corrected chi connectivity index (χ1v) is 5.68. The number of anilines is 1. The minimum absolute atomic E-state index is 0.189. The molecule has 0 fully saturated rings. The first kappa shape index (κ1) is 16.0. The molecule has 0 spiro atoms. The van der Waals surface area contributed by atoms with Gasteiger partial charge in [0.2, 0.25) is 5.91 Å². The summed E-state index contributed by atoms with van der Waals surface area (Å²) in [5.41, 5.74) is 4.57. The molecule has 8 heteroatoms. The van der Waals surface area contributed by atoms with E-state index in [9.17, 15) is 22.8 Å². The molecule has 0 radical (unpaired) electrons. The van der Waals surface area contributed by atoms with E-state index in [1.54, 1.807) is 0 Å². The second-order valence-electron chi connectivity index (χ2n) is 4.12. The van der Waals surface area contributed by atoms with Crippen molar-refractivity contribution in [2.75, 3.05) is 18.4 Å². The molecule has 0 bridgehead atoms. The molecule has 0 atom stereocenters. The molecule has 0 saturated carbocycles. The summed E-state index contributed by atoms with van der Waals surface area (Å²) in [6.45, 7) is -0.682. The standard InChI is InChI=1S/C12H14F3N3O2/c1-7(19)18-8-2-3-10(13)9(4-8)11(20)17-6-12(14,15)5-16/h2-4H,5-6,16H2,1H3,(H,17,20)(H,18,19). The normalized spacial score (nSPS) is 11.1. The Morgan fingerprint density at radius 3 is 2.55 bits per heavy atom. The van der Waals surface area contributed by atoms with Crippen molar-refractivity contribution in [2.45, 2.75) is 12.8 Å².